The molecule has 0 aliphatic heterocycles. The van der Waals surface area contributed by atoms with Crippen molar-refractivity contribution in [2.24, 2.45) is 10.8 Å². The van der Waals surface area contributed by atoms with Crippen LogP contribution in [-0.4, -0.2) is 50.5 Å². The number of aliphatic carboxylic acids is 1. The lowest BCUT2D eigenvalue weighted by atomic mass is 9.74. The Bertz CT molecular complexity index is 1390. The van der Waals surface area contributed by atoms with E-state index in [4.69, 9.17) is 34.8 Å². The van der Waals surface area contributed by atoms with Gasteiger partial charge >= 0.3 is 12.1 Å². The second kappa shape index (κ2) is 12.2. The normalized spacial score (nSPS) is 19.3. The molecule has 0 radical (unpaired) electrons. The maximum Gasteiger partial charge on any atom is 0.433 e. The third-order valence-electron chi connectivity index (χ3n) is 6.86. The van der Waals surface area contributed by atoms with Gasteiger partial charge in [0.2, 0.25) is 0 Å². The zero-order chi connectivity index (χ0) is 30.9. The van der Waals surface area contributed by atoms with Crippen molar-refractivity contribution in [2.45, 2.75) is 65.6 Å². The fraction of sp³-hybridized carbons (Fsp3) is 0.500. The first-order chi connectivity index (χ1) is 18.8. The van der Waals surface area contributed by atoms with Gasteiger partial charge in [-0.15, -0.1) is 0 Å². The number of carboxylic acids is 1. The number of amides is 1. The summed E-state index contributed by atoms with van der Waals surface area (Å²) in [5.74, 6) is 2.84. The summed E-state index contributed by atoms with van der Waals surface area (Å²) in [6.45, 7) is 5.98. The highest BCUT2D eigenvalue weighted by Gasteiger charge is 2.45. The SMILES string of the molecule is CC(C)(C)C#CCN(CC(=O)c1c(Cl)cc(Cl)cc1Cl)C(=O)c1cnn(C2CCC(C)(C(=O)O)CC2)c1C(F)(F)F. The molecule has 13 heteroatoms. The van der Waals surface area contributed by atoms with Crippen LogP contribution < -0.4 is 0 Å². The van der Waals surface area contributed by atoms with Crippen molar-refractivity contribution in [2.75, 3.05) is 13.1 Å². The van der Waals surface area contributed by atoms with E-state index in [1.807, 2.05) is 20.8 Å². The number of carbonyl (C=O) groups is 3. The summed E-state index contributed by atoms with van der Waals surface area (Å²) in [5, 5.41) is 13.4. The molecule has 1 fully saturated rings. The maximum atomic E-state index is 14.4. The summed E-state index contributed by atoms with van der Waals surface area (Å²) in [6, 6.07) is 1.82. The number of carbonyl (C=O) groups excluding carboxylic acids is 2. The summed E-state index contributed by atoms with van der Waals surface area (Å²) in [4.78, 5) is 39.3. The predicted octanol–water partition coefficient (Wildman–Crippen LogP) is 7.44. The molecule has 222 valence electrons. The molecule has 1 aliphatic rings. The summed E-state index contributed by atoms with van der Waals surface area (Å²) < 4.78 is 44.0. The Morgan fingerprint density at radius 1 is 1.12 bits per heavy atom. The standard InChI is InChI=1S/C28H29Cl3F3N3O4/c1-26(2,3)8-5-11-36(15-21(38)22-19(30)12-16(29)13-20(22)31)24(39)18-14-35-37(23(18)28(32,33)34)17-6-9-27(4,10-7-17)25(40)41/h12-14,17H,6-7,9-11,15H2,1-4H3,(H,40,41). The highest BCUT2D eigenvalue weighted by molar-refractivity contribution is 6.42. The number of Topliss-reactive ketones (excluding diaryl/α,β-unsaturated/α-hetero) is 1. The van der Waals surface area contributed by atoms with Crippen LogP contribution in [0.1, 0.15) is 85.8 Å². The Balaban J connectivity index is 2.01. The van der Waals surface area contributed by atoms with Crippen LogP contribution in [0, 0.1) is 22.7 Å². The van der Waals surface area contributed by atoms with E-state index in [9.17, 15) is 32.7 Å². The van der Waals surface area contributed by atoms with Crippen molar-refractivity contribution in [3.8, 4) is 11.8 Å². The Morgan fingerprint density at radius 3 is 2.17 bits per heavy atom. The average Bonchev–Trinajstić information content (AvgIpc) is 3.28. The lowest BCUT2D eigenvalue weighted by Gasteiger charge is -2.34. The third kappa shape index (κ3) is 7.76. The van der Waals surface area contributed by atoms with Crippen molar-refractivity contribution in [3.63, 3.8) is 0 Å². The highest BCUT2D eigenvalue weighted by Crippen LogP contribution is 2.43. The van der Waals surface area contributed by atoms with E-state index in [-0.39, 0.29) is 52.9 Å². The first kappa shape index (κ1) is 32.8. The molecule has 7 nitrogen and oxygen atoms in total. The van der Waals surface area contributed by atoms with Gasteiger partial charge in [0.1, 0.15) is 0 Å². The number of alkyl halides is 3. The first-order valence-electron chi connectivity index (χ1n) is 12.7. The number of benzene rings is 1. The third-order valence-corrected chi connectivity index (χ3v) is 7.67. The van der Waals surface area contributed by atoms with Gasteiger partial charge in [-0.05, 0) is 65.5 Å². The van der Waals surface area contributed by atoms with Crippen molar-refractivity contribution in [1.82, 2.24) is 14.7 Å². The maximum absolute atomic E-state index is 14.4. The smallest absolute Gasteiger partial charge is 0.433 e. The number of rotatable bonds is 7. The molecule has 1 N–H and O–H groups in total. The van der Waals surface area contributed by atoms with Crippen molar-refractivity contribution >= 4 is 52.5 Å². The molecule has 0 atom stereocenters. The van der Waals surface area contributed by atoms with E-state index in [2.05, 4.69) is 16.9 Å². The van der Waals surface area contributed by atoms with Crippen molar-refractivity contribution in [3.05, 3.63) is 50.2 Å². The second-order valence-corrected chi connectivity index (χ2v) is 12.6. The van der Waals surface area contributed by atoms with Gasteiger partial charge in [0.25, 0.3) is 5.91 Å². The molecule has 0 spiro atoms. The fourth-order valence-corrected chi connectivity index (χ4v) is 5.64. The van der Waals surface area contributed by atoms with Gasteiger partial charge in [-0.25, -0.2) is 0 Å². The molecule has 3 rings (SSSR count). The molecule has 1 aromatic heterocycles. The van der Waals surface area contributed by atoms with Gasteiger partial charge < -0.3 is 10.0 Å². The Kier molecular flexibility index (Phi) is 9.78. The van der Waals surface area contributed by atoms with Crippen LogP contribution in [0.3, 0.4) is 0 Å². The first-order valence-corrected chi connectivity index (χ1v) is 13.8. The quantitative estimate of drug-likeness (QED) is 0.252. The zero-order valence-electron chi connectivity index (χ0n) is 22.8. The number of ketones is 1. The van der Waals surface area contributed by atoms with E-state index in [1.165, 1.54) is 12.1 Å². The van der Waals surface area contributed by atoms with Crippen LogP contribution in [0.15, 0.2) is 18.3 Å². The Morgan fingerprint density at radius 2 is 1.68 bits per heavy atom. The summed E-state index contributed by atoms with van der Waals surface area (Å²) in [7, 11) is 0. The Labute approximate surface area is 250 Å². The molecule has 41 heavy (non-hydrogen) atoms. The van der Waals surface area contributed by atoms with Crippen molar-refractivity contribution < 1.29 is 32.7 Å². The number of hydrogen-bond donors (Lipinski definition) is 1. The van der Waals surface area contributed by atoms with Crippen LogP contribution in [0.5, 0.6) is 0 Å². The van der Waals surface area contributed by atoms with Gasteiger partial charge in [-0.2, -0.15) is 18.3 Å². The van der Waals surface area contributed by atoms with E-state index in [1.54, 1.807) is 6.92 Å². The van der Waals surface area contributed by atoms with Gasteiger partial charge in [0.05, 0.1) is 51.9 Å². The number of aromatic nitrogens is 2. The molecule has 1 aromatic carbocycles. The summed E-state index contributed by atoms with van der Waals surface area (Å²) >= 11 is 18.3. The molecule has 1 aliphatic carbocycles. The second-order valence-electron chi connectivity index (χ2n) is 11.3. The number of halogens is 6. The van der Waals surface area contributed by atoms with Crippen LogP contribution in [0.25, 0.3) is 0 Å². The molecule has 0 unspecified atom stereocenters. The summed E-state index contributed by atoms with van der Waals surface area (Å²) in [5.41, 5.74) is -3.67. The van der Waals surface area contributed by atoms with Crippen LogP contribution >= 0.6 is 34.8 Å². The minimum atomic E-state index is -4.97. The molecular formula is C28H29Cl3F3N3O4. The van der Waals surface area contributed by atoms with E-state index in [0.29, 0.717) is 0 Å². The van der Waals surface area contributed by atoms with Gasteiger partial charge in [-0.1, -0.05) is 46.6 Å². The van der Waals surface area contributed by atoms with E-state index >= 15 is 0 Å². The van der Waals surface area contributed by atoms with Crippen molar-refractivity contribution in [1.29, 1.82) is 0 Å². The van der Waals surface area contributed by atoms with Gasteiger partial charge in [0.15, 0.2) is 11.5 Å². The Hall–Kier alpha value is -2.74. The molecule has 1 saturated carbocycles. The highest BCUT2D eigenvalue weighted by atomic mass is 35.5. The lowest BCUT2D eigenvalue weighted by molar-refractivity contribution is -0.152. The predicted molar refractivity (Wildman–Crippen MR) is 149 cm³/mol. The van der Waals surface area contributed by atoms with E-state index < -0.39 is 58.5 Å². The van der Waals surface area contributed by atoms with Crippen LogP contribution in [0.2, 0.25) is 15.1 Å². The largest absolute Gasteiger partial charge is 0.481 e. The molecule has 1 amide bonds. The topological polar surface area (TPSA) is 92.5 Å². The molecule has 0 saturated heterocycles. The fourth-order valence-electron chi connectivity index (χ4n) is 4.61. The van der Waals surface area contributed by atoms with E-state index in [0.717, 1.165) is 15.8 Å². The number of nitrogens with zero attached hydrogens (tertiary/aromatic N) is 3. The van der Waals surface area contributed by atoms with Gasteiger partial charge in [-0.3, -0.25) is 19.1 Å². The molecule has 1 heterocycles. The van der Waals surface area contributed by atoms with Gasteiger partial charge in [0, 0.05) is 10.4 Å². The lowest BCUT2D eigenvalue weighted by Crippen LogP contribution is -2.38. The average molecular weight is 635 g/mol. The molecule has 2 aromatic rings. The minimum Gasteiger partial charge on any atom is -0.481 e. The molecule has 0 bridgehead atoms. The monoisotopic (exact) mass is 633 g/mol. The number of hydrogen-bond acceptors (Lipinski definition) is 4. The zero-order valence-corrected chi connectivity index (χ0v) is 25.1. The molecular weight excluding hydrogens is 606 g/mol. The summed E-state index contributed by atoms with van der Waals surface area (Å²) in [6.07, 6.45) is -3.57. The number of carboxylic acid groups (broad SMARTS) is 1. The minimum absolute atomic E-state index is 0.0739. The van der Waals surface area contributed by atoms with Crippen LogP contribution in [0.4, 0.5) is 13.2 Å². The van der Waals surface area contributed by atoms with Crippen LogP contribution in [-0.2, 0) is 11.0 Å².